The maximum Gasteiger partial charge on any atom is 0.334 e. The number of hydrogen-bond donors (Lipinski definition) is 1. The van der Waals surface area contributed by atoms with Crippen molar-refractivity contribution >= 4 is 11.7 Å². The van der Waals surface area contributed by atoms with E-state index < -0.39 is 17.3 Å². The van der Waals surface area contributed by atoms with E-state index in [-0.39, 0.29) is 24.8 Å². The van der Waals surface area contributed by atoms with Crippen molar-refractivity contribution in [3.05, 3.63) is 30.1 Å². The second kappa shape index (κ2) is 7.24. The van der Waals surface area contributed by atoms with Gasteiger partial charge in [-0.15, -0.1) is 0 Å². The number of rotatable bonds is 7. The van der Waals surface area contributed by atoms with E-state index in [9.17, 15) is 9.18 Å². The summed E-state index contributed by atoms with van der Waals surface area (Å²) < 4.78 is 24.1. The fourth-order valence-corrected chi connectivity index (χ4v) is 1.98. The summed E-state index contributed by atoms with van der Waals surface area (Å²) in [7, 11) is 1.50. The van der Waals surface area contributed by atoms with Gasteiger partial charge in [-0.25, -0.2) is 9.18 Å². The third kappa shape index (κ3) is 3.48. The zero-order valence-corrected chi connectivity index (χ0v) is 12.4. The van der Waals surface area contributed by atoms with Gasteiger partial charge in [0.25, 0.3) is 0 Å². The number of ether oxygens (including phenoxy) is 2. The van der Waals surface area contributed by atoms with Crippen LogP contribution in [0.2, 0.25) is 0 Å². The minimum Gasteiger partial charge on any atom is -0.464 e. The lowest BCUT2D eigenvalue weighted by atomic mass is 9.86. The Morgan fingerprint density at radius 2 is 2.05 bits per heavy atom. The van der Waals surface area contributed by atoms with Crippen molar-refractivity contribution in [1.82, 2.24) is 0 Å². The SMILES string of the molecule is CCOC(=O)C(COC)(Nc1ccccc1F)C(C)C. The Bertz CT molecular complexity index is 450. The molecule has 1 aromatic rings. The molecule has 4 nitrogen and oxygen atoms in total. The number of carbonyl (C=O) groups excluding carboxylic acids is 1. The third-order valence-electron chi connectivity index (χ3n) is 3.23. The first-order valence-electron chi connectivity index (χ1n) is 6.66. The van der Waals surface area contributed by atoms with Crippen LogP contribution in [-0.2, 0) is 14.3 Å². The van der Waals surface area contributed by atoms with Gasteiger partial charge in [0.05, 0.1) is 18.9 Å². The van der Waals surface area contributed by atoms with Gasteiger partial charge in [-0.1, -0.05) is 26.0 Å². The number of hydrogen-bond acceptors (Lipinski definition) is 4. The van der Waals surface area contributed by atoms with E-state index in [0.717, 1.165) is 0 Å². The Morgan fingerprint density at radius 1 is 1.40 bits per heavy atom. The van der Waals surface area contributed by atoms with E-state index in [1.165, 1.54) is 13.2 Å². The van der Waals surface area contributed by atoms with E-state index in [1.807, 2.05) is 13.8 Å². The van der Waals surface area contributed by atoms with Crippen LogP contribution in [0.4, 0.5) is 10.1 Å². The summed E-state index contributed by atoms with van der Waals surface area (Å²) in [6.45, 7) is 5.82. The Kier molecular flexibility index (Phi) is 5.95. The fraction of sp³-hybridized carbons (Fsp3) is 0.533. The molecule has 1 unspecified atom stereocenters. The quantitative estimate of drug-likeness (QED) is 0.782. The molecule has 0 amide bonds. The Labute approximate surface area is 119 Å². The molecule has 5 heteroatoms. The smallest absolute Gasteiger partial charge is 0.334 e. The summed E-state index contributed by atoms with van der Waals surface area (Å²) in [4.78, 5) is 12.3. The summed E-state index contributed by atoms with van der Waals surface area (Å²) in [6.07, 6.45) is 0. The van der Waals surface area contributed by atoms with Gasteiger partial charge in [-0.05, 0) is 25.0 Å². The Balaban J connectivity index is 3.15. The van der Waals surface area contributed by atoms with Crippen LogP contribution in [0.15, 0.2) is 24.3 Å². The van der Waals surface area contributed by atoms with Crippen LogP contribution < -0.4 is 5.32 Å². The fourth-order valence-electron chi connectivity index (χ4n) is 1.98. The monoisotopic (exact) mass is 283 g/mol. The van der Waals surface area contributed by atoms with E-state index in [4.69, 9.17) is 9.47 Å². The first kappa shape index (κ1) is 16.4. The van der Waals surface area contributed by atoms with Crippen molar-refractivity contribution in [3.8, 4) is 0 Å². The Morgan fingerprint density at radius 3 is 2.55 bits per heavy atom. The normalized spacial score (nSPS) is 13.9. The van der Waals surface area contributed by atoms with Gasteiger partial charge in [-0.2, -0.15) is 0 Å². The number of carbonyl (C=O) groups is 1. The molecular weight excluding hydrogens is 261 g/mol. The lowest BCUT2D eigenvalue weighted by Crippen LogP contribution is -2.55. The molecule has 0 fully saturated rings. The van der Waals surface area contributed by atoms with E-state index in [0.29, 0.717) is 0 Å². The Hall–Kier alpha value is -1.62. The maximum absolute atomic E-state index is 13.8. The van der Waals surface area contributed by atoms with Crippen LogP contribution in [0.1, 0.15) is 20.8 Å². The van der Waals surface area contributed by atoms with Gasteiger partial charge in [0, 0.05) is 7.11 Å². The highest BCUT2D eigenvalue weighted by atomic mass is 19.1. The van der Waals surface area contributed by atoms with Crippen LogP contribution in [0, 0.1) is 11.7 Å². The third-order valence-corrected chi connectivity index (χ3v) is 3.23. The number of para-hydroxylation sites is 1. The standard InChI is InChI=1S/C15H22FNO3/c1-5-20-14(18)15(10-19-4,11(2)3)17-13-9-7-6-8-12(13)16/h6-9,11,17H,5,10H2,1-4H3. The molecule has 1 atom stereocenters. The van der Waals surface area contributed by atoms with Crippen molar-refractivity contribution < 1.29 is 18.7 Å². The number of esters is 1. The second-order valence-electron chi connectivity index (χ2n) is 4.88. The van der Waals surface area contributed by atoms with Crippen molar-refractivity contribution in [3.63, 3.8) is 0 Å². The van der Waals surface area contributed by atoms with Crippen molar-refractivity contribution in [2.24, 2.45) is 5.92 Å². The molecule has 1 rings (SSSR count). The molecule has 0 heterocycles. The van der Waals surface area contributed by atoms with Gasteiger partial charge >= 0.3 is 5.97 Å². The zero-order chi connectivity index (χ0) is 15.2. The first-order chi connectivity index (χ1) is 9.47. The van der Waals surface area contributed by atoms with Crippen molar-refractivity contribution in [2.75, 3.05) is 25.6 Å². The molecule has 0 radical (unpaired) electrons. The van der Waals surface area contributed by atoms with E-state index in [2.05, 4.69) is 5.32 Å². The highest BCUT2D eigenvalue weighted by molar-refractivity contribution is 5.85. The molecule has 20 heavy (non-hydrogen) atoms. The topological polar surface area (TPSA) is 47.6 Å². The summed E-state index contributed by atoms with van der Waals surface area (Å²) >= 11 is 0. The molecule has 1 N–H and O–H groups in total. The molecule has 1 aromatic carbocycles. The molecule has 0 aliphatic rings. The minimum atomic E-state index is -1.12. The van der Waals surface area contributed by atoms with Crippen LogP contribution >= 0.6 is 0 Å². The lowest BCUT2D eigenvalue weighted by Gasteiger charge is -2.36. The minimum absolute atomic E-state index is 0.0951. The predicted molar refractivity (Wildman–Crippen MR) is 76.1 cm³/mol. The van der Waals surface area contributed by atoms with Gasteiger partial charge < -0.3 is 14.8 Å². The maximum atomic E-state index is 13.8. The largest absolute Gasteiger partial charge is 0.464 e. The van der Waals surface area contributed by atoms with Crippen molar-refractivity contribution in [2.45, 2.75) is 26.3 Å². The van der Waals surface area contributed by atoms with Gasteiger partial charge in [0.15, 0.2) is 5.54 Å². The van der Waals surface area contributed by atoms with E-state index >= 15 is 0 Å². The molecular formula is C15H22FNO3. The molecule has 0 spiro atoms. The highest BCUT2D eigenvalue weighted by Crippen LogP contribution is 2.27. The number of nitrogens with one attached hydrogen (secondary N) is 1. The highest BCUT2D eigenvalue weighted by Gasteiger charge is 2.43. The van der Waals surface area contributed by atoms with Gasteiger partial charge in [0.1, 0.15) is 5.82 Å². The average Bonchev–Trinajstić information content (AvgIpc) is 2.40. The number of anilines is 1. The summed E-state index contributed by atoms with van der Waals surface area (Å²) in [5.74, 6) is -1.00. The lowest BCUT2D eigenvalue weighted by molar-refractivity contribution is -0.152. The van der Waals surface area contributed by atoms with Crippen LogP contribution in [0.3, 0.4) is 0 Å². The molecule has 0 aliphatic heterocycles. The van der Waals surface area contributed by atoms with Crippen molar-refractivity contribution in [1.29, 1.82) is 0 Å². The molecule has 0 saturated heterocycles. The zero-order valence-electron chi connectivity index (χ0n) is 12.4. The first-order valence-corrected chi connectivity index (χ1v) is 6.66. The molecule has 0 aliphatic carbocycles. The molecule has 0 saturated carbocycles. The summed E-state index contributed by atoms with van der Waals surface area (Å²) in [6, 6.07) is 6.22. The number of benzene rings is 1. The predicted octanol–water partition coefficient (Wildman–Crippen LogP) is 2.84. The van der Waals surface area contributed by atoms with Gasteiger partial charge in [0.2, 0.25) is 0 Å². The number of halogens is 1. The molecule has 0 bridgehead atoms. The molecule has 112 valence electrons. The molecule has 0 aromatic heterocycles. The number of methoxy groups -OCH3 is 1. The average molecular weight is 283 g/mol. The van der Waals surface area contributed by atoms with Crippen LogP contribution in [0.5, 0.6) is 0 Å². The van der Waals surface area contributed by atoms with Gasteiger partial charge in [-0.3, -0.25) is 0 Å². The summed E-state index contributed by atoms with van der Waals surface area (Å²) in [5.41, 5.74) is -0.862. The summed E-state index contributed by atoms with van der Waals surface area (Å²) in [5, 5.41) is 2.97. The van der Waals surface area contributed by atoms with Crippen LogP contribution in [0.25, 0.3) is 0 Å². The van der Waals surface area contributed by atoms with E-state index in [1.54, 1.807) is 25.1 Å². The second-order valence-corrected chi connectivity index (χ2v) is 4.88. The van der Waals surface area contributed by atoms with Crippen LogP contribution in [-0.4, -0.2) is 31.8 Å².